The van der Waals surface area contributed by atoms with Crippen molar-refractivity contribution >= 4 is 23.3 Å². The van der Waals surface area contributed by atoms with E-state index in [1.165, 1.54) is 17.2 Å². The number of imidazole rings is 1. The van der Waals surface area contributed by atoms with E-state index in [9.17, 15) is 15.0 Å². The van der Waals surface area contributed by atoms with Crippen LogP contribution in [0.5, 0.6) is 0 Å². The predicted octanol–water partition coefficient (Wildman–Crippen LogP) is -4.72. The molecule has 3 rings (SSSR count). The molecule has 2 aromatic rings. The zero-order chi connectivity index (χ0) is 21.7. The number of fused-ring (bicyclic) bond motifs is 1. The first-order chi connectivity index (χ1) is 13.8. The summed E-state index contributed by atoms with van der Waals surface area (Å²) in [6.45, 7) is -1.08. The molecule has 0 radical (unpaired) electrons. The van der Waals surface area contributed by atoms with E-state index in [0.717, 1.165) is 0 Å². The third kappa shape index (κ3) is 4.82. The highest BCUT2D eigenvalue weighted by Gasteiger charge is 2.43. The van der Waals surface area contributed by atoms with Gasteiger partial charge in [-0.15, -0.1) is 0 Å². The molecular weight excluding hydrogens is 394 g/mol. The van der Waals surface area contributed by atoms with Gasteiger partial charge in [-0.1, -0.05) is 0 Å². The first-order valence-corrected chi connectivity index (χ1v) is 8.42. The van der Waals surface area contributed by atoms with Crippen LogP contribution in [-0.2, 0) is 9.53 Å². The van der Waals surface area contributed by atoms with Gasteiger partial charge < -0.3 is 51.0 Å². The van der Waals surface area contributed by atoms with Gasteiger partial charge >= 0.3 is 0 Å². The molecule has 29 heavy (non-hydrogen) atoms. The second-order valence-electron chi connectivity index (χ2n) is 6.18. The van der Waals surface area contributed by atoms with Gasteiger partial charge in [-0.3, -0.25) is 4.57 Å². The van der Waals surface area contributed by atoms with Gasteiger partial charge in [0.2, 0.25) is 0 Å². The second-order valence-corrected chi connectivity index (χ2v) is 6.18. The number of aromatic nitrogens is 4. The molecule has 0 aromatic carbocycles. The summed E-state index contributed by atoms with van der Waals surface area (Å²) in [5.74, 6) is 0.218. The number of nitrogens with two attached hydrogens (primary N) is 1. The summed E-state index contributed by atoms with van der Waals surface area (Å²) in [6.07, 6.45) is -6.05. The molecule has 0 amide bonds. The molecule has 2 aromatic heterocycles. The van der Waals surface area contributed by atoms with E-state index in [1.807, 2.05) is 0 Å². The maximum Gasteiger partial charge on any atom is 0.167 e. The number of rotatable bonds is 6. The van der Waals surface area contributed by atoms with Crippen molar-refractivity contribution in [3.05, 3.63) is 12.7 Å². The summed E-state index contributed by atoms with van der Waals surface area (Å²) < 4.78 is 6.85. The standard InChI is InChI=1S/C10H13N5O4.C5H10O5/c11-8-5-9(13-2-12-8)15(3-14-5)10-7(18)6(17)4(1-16)19-10;6-1-3(8)5(10)4(9)2-7/h2-4,6-7,10,16-18H,1H2,(H2,11,12,13);1,3-5,7-10H,2H2/t4-,6-,7-,10-;3-,4-,5+/m11/s1. The molecule has 0 saturated carbocycles. The summed E-state index contributed by atoms with van der Waals surface area (Å²) in [6, 6.07) is 0. The molecule has 0 bridgehead atoms. The van der Waals surface area contributed by atoms with E-state index in [2.05, 4.69) is 15.0 Å². The number of aliphatic hydroxyl groups excluding tert-OH is 7. The molecule has 1 aliphatic heterocycles. The Morgan fingerprint density at radius 2 is 1.86 bits per heavy atom. The summed E-state index contributed by atoms with van der Waals surface area (Å²) in [7, 11) is 0. The summed E-state index contributed by atoms with van der Waals surface area (Å²) >= 11 is 0. The van der Waals surface area contributed by atoms with Gasteiger partial charge in [0, 0.05) is 0 Å². The fraction of sp³-hybridized carbons (Fsp3) is 0.600. The number of aldehydes is 1. The van der Waals surface area contributed by atoms with Crippen LogP contribution in [0.3, 0.4) is 0 Å². The van der Waals surface area contributed by atoms with Crippen LogP contribution in [0.15, 0.2) is 12.7 Å². The van der Waals surface area contributed by atoms with Gasteiger partial charge in [0.25, 0.3) is 0 Å². The van der Waals surface area contributed by atoms with Gasteiger partial charge in [0.05, 0.1) is 19.5 Å². The lowest BCUT2D eigenvalue weighted by atomic mass is 10.1. The topological polar surface area (TPSA) is 238 Å². The molecule has 0 unspecified atom stereocenters. The Bertz CT molecular complexity index is 806. The number of hydrogen-bond donors (Lipinski definition) is 8. The van der Waals surface area contributed by atoms with Crippen molar-refractivity contribution < 1.29 is 45.3 Å². The Balaban J connectivity index is 0.000000257. The summed E-state index contributed by atoms with van der Waals surface area (Å²) in [4.78, 5) is 21.7. The lowest BCUT2D eigenvalue weighted by molar-refractivity contribution is -0.127. The van der Waals surface area contributed by atoms with E-state index < -0.39 is 56.1 Å². The number of carbonyl (C=O) groups is 1. The van der Waals surface area contributed by atoms with Crippen LogP contribution < -0.4 is 5.73 Å². The highest BCUT2D eigenvalue weighted by molar-refractivity contribution is 5.81. The molecule has 1 saturated heterocycles. The van der Waals surface area contributed by atoms with Crippen LogP contribution in [0, 0.1) is 0 Å². The van der Waals surface area contributed by atoms with Gasteiger partial charge in [-0.25, -0.2) is 15.0 Å². The van der Waals surface area contributed by atoms with Crippen molar-refractivity contribution in [3.8, 4) is 0 Å². The average molecular weight is 417 g/mol. The normalized spacial score (nSPS) is 27.1. The minimum atomic E-state index is -1.64. The Morgan fingerprint density at radius 3 is 2.41 bits per heavy atom. The van der Waals surface area contributed by atoms with Crippen LogP contribution in [0.25, 0.3) is 11.2 Å². The van der Waals surface area contributed by atoms with Gasteiger partial charge in [-0.05, 0) is 0 Å². The number of nitrogens with zero attached hydrogens (tertiary/aromatic N) is 4. The maximum atomic E-state index is 9.95. The lowest BCUT2D eigenvalue weighted by Crippen LogP contribution is -2.40. The highest BCUT2D eigenvalue weighted by atomic mass is 16.6. The van der Waals surface area contributed by atoms with Crippen molar-refractivity contribution in [2.24, 2.45) is 0 Å². The molecule has 9 N–H and O–H groups in total. The Morgan fingerprint density at radius 1 is 1.17 bits per heavy atom. The maximum absolute atomic E-state index is 9.95. The van der Waals surface area contributed by atoms with E-state index >= 15 is 0 Å². The highest BCUT2D eigenvalue weighted by Crippen LogP contribution is 2.31. The van der Waals surface area contributed by atoms with Crippen molar-refractivity contribution in [2.75, 3.05) is 18.9 Å². The van der Waals surface area contributed by atoms with Gasteiger partial charge in [0.15, 0.2) is 24.0 Å². The van der Waals surface area contributed by atoms with Crippen LogP contribution in [-0.4, -0.2) is 111 Å². The molecule has 0 aliphatic carbocycles. The minimum Gasteiger partial charge on any atom is -0.394 e. The Hall–Kier alpha value is -2.30. The van der Waals surface area contributed by atoms with Crippen molar-refractivity contribution in [2.45, 2.75) is 42.9 Å². The van der Waals surface area contributed by atoms with Crippen molar-refractivity contribution in [3.63, 3.8) is 0 Å². The second kappa shape index (κ2) is 9.95. The van der Waals surface area contributed by atoms with E-state index in [-0.39, 0.29) is 12.1 Å². The van der Waals surface area contributed by atoms with Crippen LogP contribution in [0.1, 0.15) is 6.23 Å². The molecule has 1 aliphatic rings. The van der Waals surface area contributed by atoms with E-state index in [4.69, 9.17) is 36.0 Å². The molecule has 0 spiro atoms. The van der Waals surface area contributed by atoms with Crippen LogP contribution in [0.4, 0.5) is 5.82 Å². The van der Waals surface area contributed by atoms with E-state index in [1.54, 1.807) is 0 Å². The number of hydrogen-bond acceptors (Lipinski definition) is 13. The number of ether oxygens (including phenoxy) is 1. The fourth-order valence-electron chi connectivity index (χ4n) is 2.58. The number of aliphatic hydroxyl groups is 7. The zero-order valence-corrected chi connectivity index (χ0v) is 15.0. The van der Waals surface area contributed by atoms with Crippen molar-refractivity contribution in [1.29, 1.82) is 0 Å². The quantitative estimate of drug-likeness (QED) is 0.206. The third-order valence-electron chi connectivity index (χ3n) is 4.25. The van der Waals surface area contributed by atoms with Crippen molar-refractivity contribution in [1.82, 2.24) is 19.5 Å². The Labute approximate surface area is 163 Å². The predicted molar refractivity (Wildman–Crippen MR) is 93.9 cm³/mol. The monoisotopic (exact) mass is 417 g/mol. The largest absolute Gasteiger partial charge is 0.394 e. The molecule has 162 valence electrons. The number of nitrogen functional groups attached to an aromatic ring is 1. The Kier molecular flexibility index (Phi) is 7.88. The molecule has 1 fully saturated rings. The van der Waals surface area contributed by atoms with Crippen LogP contribution in [0.2, 0.25) is 0 Å². The number of anilines is 1. The SMILES string of the molecule is Nc1ncnc2c1ncn2[C@@H]1O[C@H](CO)[C@@H](O)[C@H]1O.O=C[C@@H](O)[C@H](O)[C@H](O)CO. The molecule has 14 nitrogen and oxygen atoms in total. The van der Waals surface area contributed by atoms with Crippen LogP contribution >= 0.6 is 0 Å². The third-order valence-corrected chi connectivity index (χ3v) is 4.25. The molecule has 7 atom stereocenters. The molecule has 14 heteroatoms. The summed E-state index contributed by atoms with van der Waals surface area (Å²) in [5.41, 5.74) is 6.44. The number of carbonyl (C=O) groups excluding carboxylic acids is 1. The zero-order valence-electron chi connectivity index (χ0n) is 15.0. The first kappa shape index (κ1) is 23.0. The summed E-state index contributed by atoms with van der Waals surface area (Å²) in [5, 5.41) is 62.8. The fourth-order valence-corrected chi connectivity index (χ4v) is 2.58. The smallest absolute Gasteiger partial charge is 0.167 e. The van der Waals surface area contributed by atoms with E-state index in [0.29, 0.717) is 11.2 Å². The lowest BCUT2D eigenvalue weighted by Gasteiger charge is -2.16. The first-order valence-electron chi connectivity index (χ1n) is 8.42. The molecule has 3 heterocycles. The van der Waals surface area contributed by atoms with Gasteiger partial charge in [0.1, 0.15) is 48.5 Å². The minimum absolute atomic E-state index is 0.0869. The van der Waals surface area contributed by atoms with Gasteiger partial charge in [-0.2, -0.15) is 0 Å². The molecular formula is C15H23N5O9. The average Bonchev–Trinajstić information content (AvgIpc) is 3.28.